The third kappa shape index (κ3) is 2.14. The van der Waals surface area contributed by atoms with Gasteiger partial charge in [-0.2, -0.15) is 0 Å². The zero-order chi connectivity index (χ0) is 10.7. The number of ketones is 1. The summed E-state index contributed by atoms with van der Waals surface area (Å²) in [5, 5.41) is 0. The van der Waals surface area contributed by atoms with Gasteiger partial charge in [0.05, 0.1) is 12.5 Å². The van der Waals surface area contributed by atoms with E-state index in [0.29, 0.717) is 19.4 Å². The van der Waals surface area contributed by atoms with E-state index in [0.717, 1.165) is 0 Å². The minimum atomic E-state index is -0.139. The van der Waals surface area contributed by atoms with E-state index in [1.165, 1.54) is 0 Å². The van der Waals surface area contributed by atoms with Crippen molar-refractivity contribution in [1.29, 1.82) is 0 Å². The normalized spacial score (nSPS) is 32.8. The lowest BCUT2D eigenvalue weighted by molar-refractivity contribution is -0.153. The molecule has 1 aliphatic rings. The second-order valence-electron chi connectivity index (χ2n) is 4.01. The number of ether oxygens (including phenoxy) is 1. The molecule has 3 atom stereocenters. The number of esters is 1. The van der Waals surface area contributed by atoms with E-state index < -0.39 is 0 Å². The van der Waals surface area contributed by atoms with Crippen LogP contribution in [0.3, 0.4) is 0 Å². The summed E-state index contributed by atoms with van der Waals surface area (Å²) in [5.74, 6) is 0.175. The monoisotopic (exact) mass is 198 g/mol. The number of carbonyl (C=O) groups is 2. The number of hydrogen-bond acceptors (Lipinski definition) is 3. The molecule has 0 aromatic heterocycles. The van der Waals surface area contributed by atoms with Crippen molar-refractivity contribution in [3.63, 3.8) is 0 Å². The highest BCUT2D eigenvalue weighted by Gasteiger charge is 2.37. The van der Waals surface area contributed by atoms with E-state index in [1.807, 2.05) is 13.8 Å². The van der Waals surface area contributed by atoms with E-state index in [4.69, 9.17) is 4.74 Å². The zero-order valence-corrected chi connectivity index (χ0v) is 9.08. The van der Waals surface area contributed by atoms with Gasteiger partial charge >= 0.3 is 5.97 Å². The molecule has 0 aromatic carbocycles. The summed E-state index contributed by atoms with van der Waals surface area (Å²) < 4.78 is 4.99. The van der Waals surface area contributed by atoms with Crippen molar-refractivity contribution in [2.75, 3.05) is 6.61 Å². The summed E-state index contributed by atoms with van der Waals surface area (Å²) in [6.07, 6.45) is 1.18. The maximum absolute atomic E-state index is 11.5. The molecule has 14 heavy (non-hydrogen) atoms. The Labute approximate surface area is 84.8 Å². The van der Waals surface area contributed by atoms with Gasteiger partial charge in [0.2, 0.25) is 0 Å². The van der Waals surface area contributed by atoms with Gasteiger partial charge in [-0.1, -0.05) is 13.8 Å². The van der Waals surface area contributed by atoms with Gasteiger partial charge in [-0.05, 0) is 19.3 Å². The van der Waals surface area contributed by atoms with Gasteiger partial charge in [-0.25, -0.2) is 0 Å². The molecule has 0 heterocycles. The van der Waals surface area contributed by atoms with Crippen LogP contribution in [0.25, 0.3) is 0 Å². The smallest absolute Gasteiger partial charge is 0.309 e. The van der Waals surface area contributed by atoms with E-state index in [2.05, 4.69) is 0 Å². The second kappa shape index (κ2) is 4.58. The van der Waals surface area contributed by atoms with Crippen LogP contribution in [0, 0.1) is 17.8 Å². The van der Waals surface area contributed by atoms with Crippen LogP contribution in [-0.2, 0) is 14.3 Å². The van der Waals surface area contributed by atoms with Crippen molar-refractivity contribution in [3.8, 4) is 0 Å². The molecule has 1 fully saturated rings. The Morgan fingerprint density at radius 2 is 2.14 bits per heavy atom. The summed E-state index contributed by atoms with van der Waals surface area (Å²) >= 11 is 0. The predicted molar refractivity (Wildman–Crippen MR) is 52.7 cm³/mol. The Kier molecular flexibility index (Phi) is 3.67. The standard InChI is InChI=1S/C11H18O3/c1-4-14-11(13)9-5-6-10(12)8(3)7(9)2/h7-9H,4-6H2,1-3H3/t7-,8+,9-/m1/s1. The molecule has 1 aliphatic carbocycles. The molecule has 0 spiro atoms. The molecular weight excluding hydrogens is 180 g/mol. The average Bonchev–Trinajstić information content (AvgIpc) is 2.15. The van der Waals surface area contributed by atoms with E-state index in [-0.39, 0.29) is 29.5 Å². The summed E-state index contributed by atoms with van der Waals surface area (Å²) in [6.45, 7) is 6.09. The Morgan fingerprint density at radius 1 is 1.50 bits per heavy atom. The molecular formula is C11H18O3. The molecule has 3 heteroatoms. The number of hydrogen-bond donors (Lipinski definition) is 0. The SMILES string of the molecule is CCOC(=O)[C@@H]1CCC(=O)[C@@H](C)[C@H]1C. The molecule has 1 saturated carbocycles. The van der Waals surface area contributed by atoms with Gasteiger partial charge in [0.1, 0.15) is 5.78 Å². The maximum Gasteiger partial charge on any atom is 0.309 e. The molecule has 3 nitrogen and oxygen atoms in total. The zero-order valence-electron chi connectivity index (χ0n) is 9.08. The van der Waals surface area contributed by atoms with Gasteiger partial charge in [0, 0.05) is 12.3 Å². The van der Waals surface area contributed by atoms with Gasteiger partial charge in [0.25, 0.3) is 0 Å². The van der Waals surface area contributed by atoms with E-state index >= 15 is 0 Å². The number of carbonyl (C=O) groups excluding carboxylic acids is 2. The van der Waals surface area contributed by atoms with Gasteiger partial charge in [-0.15, -0.1) is 0 Å². The van der Waals surface area contributed by atoms with E-state index in [1.54, 1.807) is 6.92 Å². The Morgan fingerprint density at radius 3 is 2.71 bits per heavy atom. The molecule has 0 amide bonds. The Hall–Kier alpha value is -0.860. The highest BCUT2D eigenvalue weighted by atomic mass is 16.5. The third-order valence-corrected chi connectivity index (χ3v) is 3.22. The van der Waals surface area contributed by atoms with Gasteiger partial charge in [-0.3, -0.25) is 9.59 Å². The van der Waals surface area contributed by atoms with Crippen molar-refractivity contribution >= 4 is 11.8 Å². The molecule has 0 radical (unpaired) electrons. The van der Waals surface area contributed by atoms with Crippen LogP contribution in [0.15, 0.2) is 0 Å². The van der Waals surface area contributed by atoms with Crippen molar-refractivity contribution in [3.05, 3.63) is 0 Å². The fourth-order valence-corrected chi connectivity index (χ4v) is 2.01. The minimum Gasteiger partial charge on any atom is -0.466 e. The third-order valence-electron chi connectivity index (χ3n) is 3.22. The molecule has 0 saturated heterocycles. The van der Waals surface area contributed by atoms with Crippen LogP contribution in [0.1, 0.15) is 33.6 Å². The topological polar surface area (TPSA) is 43.4 Å². The lowest BCUT2D eigenvalue weighted by Gasteiger charge is -2.31. The Balaban J connectivity index is 2.63. The minimum absolute atomic E-state index is 0.00171. The maximum atomic E-state index is 11.5. The van der Waals surface area contributed by atoms with Crippen molar-refractivity contribution < 1.29 is 14.3 Å². The number of rotatable bonds is 2. The van der Waals surface area contributed by atoms with E-state index in [9.17, 15) is 9.59 Å². The van der Waals surface area contributed by atoms with Crippen LogP contribution in [-0.4, -0.2) is 18.4 Å². The second-order valence-corrected chi connectivity index (χ2v) is 4.01. The molecule has 0 aliphatic heterocycles. The number of Topliss-reactive ketones (excluding diaryl/α,β-unsaturated/α-hetero) is 1. The lowest BCUT2D eigenvalue weighted by Crippen LogP contribution is -2.36. The van der Waals surface area contributed by atoms with Crippen LogP contribution < -0.4 is 0 Å². The fraction of sp³-hybridized carbons (Fsp3) is 0.818. The summed E-state index contributed by atoms with van der Waals surface area (Å²) in [7, 11) is 0. The lowest BCUT2D eigenvalue weighted by atomic mass is 9.73. The van der Waals surface area contributed by atoms with Crippen LogP contribution in [0.2, 0.25) is 0 Å². The Bertz CT molecular complexity index is 235. The first kappa shape index (κ1) is 11.2. The van der Waals surface area contributed by atoms with Crippen LogP contribution in [0.5, 0.6) is 0 Å². The molecule has 0 N–H and O–H groups in total. The largest absolute Gasteiger partial charge is 0.466 e. The summed E-state index contributed by atoms with van der Waals surface area (Å²) in [4.78, 5) is 22.9. The average molecular weight is 198 g/mol. The van der Waals surface area contributed by atoms with Crippen LogP contribution in [0.4, 0.5) is 0 Å². The van der Waals surface area contributed by atoms with Gasteiger partial charge in [0.15, 0.2) is 0 Å². The molecule has 1 rings (SSSR count). The predicted octanol–water partition coefficient (Wildman–Crippen LogP) is 1.80. The highest BCUT2D eigenvalue weighted by molar-refractivity contribution is 5.84. The van der Waals surface area contributed by atoms with Crippen molar-refractivity contribution in [2.24, 2.45) is 17.8 Å². The fourth-order valence-electron chi connectivity index (χ4n) is 2.01. The first-order valence-corrected chi connectivity index (χ1v) is 5.27. The van der Waals surface area contributed by atoms with Crippen molar-refractivity contribution in [2.45, 2.75) is 33.6 Å². The highest BCUT2D eigenvalue weighted by Crippen LogP contribution is 2.32. The molecule has 0 aromatic rings. The summed E-state index contributed by atoms with van der Waals surface area (Å²) in [6, 6.07) is 0. The molecule has 0 bridgehead atoms. The quantitative estimate of drug-likeness (QED) is 0.635. The molecule has 80 valence electrons. The van der Waals surface area contributed by atoms with Gasteiger partial charge < -0.3 is 4.74 Å². The molecule has 0 unspecified atom stereocenters. The summed E-state index contributed by atoms with van der Waals surface area (Å²) in [5.41, 5.74) is 0. The first-order chi connectivity index (χ1) is 6.57. The van der Waals surface area contributed by atoms with Crippen molar-refractivity contribution in [1.82, 2.24) is 0 Å². The van der Waals surface area contributed by atoms with Crippen LogP contribution >= 0.6 is 0 Å². The first-order valence-electron chi connectivity index (χ1n) is 5.27.